The number of aromatic nitrogens is 5. The van der Waals surface area contributed by atoms with E-state index >= 15 is 0 Å². The summed E-state index contributed by atoms with van der Waals surface area (Å²) in [7, 11) is 0. The number of nitrogens with zero attached hydrogens (tertiary/aromatic N) is 4. The van der Waals surface area contributed by atoms with E-state index in [0.717, 1.165) is 11.5 Å². The molecule has 0 fully saturated rings. The highest BCUT2D eigenvalue weighted by atomic mass is 15.4. The Hall–Kier alpha value is -1.69. The van der Waals surface area contributed by atoms with Crippen LogP contribution in [0.2, 0.25) is 0 Å². The van der Waals surface area contributed by atoms with E-state index in [4.69, 9.17) is 0 Å². The van der Waals surface area contributed by atoms with Crippen LogP contribution in [0.4, 0.5) is 0 Å². The van der Waals surface area contributed by atoms with E-state index in [1.54, 1.807) is 6.20 Å². The SMILES string of the molecule is CC(C)(C)n1cc(CNCc2ncc[nH]2)nn1. The largest absolute Gasteiger partial charge is 0.348 e. The molecule has 6 nitrogen and oxygen atoms in total. The van der Waals surface area contributed by atoms with Crippen molar-refractivity contribution in [1.82, 2.24) is 30.3 Å². The van der Waals surface area contributed by atoms with Crippen LogP contribution in [0.1, 0.15) is 32.3 Å². The molecule has 92 valence electrons. The van der Waals surface area contributed by atoms with Gasteiger partial charge in [0.25, 0.3) is 0 Å². The van der Waals surface area contributed by atoms with E-state index in [1.807, 2.05) is 17.1 Å². The fourth-order valence-electron chi connectivity index (χ4n) is 1.41. The Morgan fingerprint density at radius 1 is 1.35 bits per heavy atom. The van der Waals surface area contributed by atoms with E-state index < -0.39 is 0 Å². The van der Waals surface area contributed by atoms with Crippen LogP contribution in [0.15, 0.2) is 18.6 Å². The lowest BCUT2D eigenvalue weighted by Gasteiger charge is -2.17. The maximum atomic E-state index is 4.13. The number of H-pyrrole nitrogens is 1. The predicted molar refractivity (Wildman–Crippen MR) is 64.1 cm³/mol. The summed E-state index contributed by atoms with van der Waals surface area (Å²) in [5.41, 5.74) is 0.915. The summed E-state index contributed by atoms with van der Waals surface area (Å²) in [4.78, 5) is 7.17. The van der Waals surface area contributed by atoms with Crippen molar-refractivity contribution in [2.45, 2.75) is 39.4 Å². The molecule has 2 N–H and O–H groups in total. The fourth-order valence-corrected chi connectivity index (χ4v) is 1.41. The van der Waals surface area contributed by atoms with Crippen molar-refractivity contribution in [2.75, 3.05) is 0 Å². The zero-order chi connectivity index (χ0) is 12.3. The van der Waals surface area contributed by atoms with Crippen LogP contribution in [-0.2, 0) is 18.6 Å². The third kappa shape index (κ3) is 3.13. The first-order chi connectivity index (χ1) is 8.05. The van der Waals surface area contributed by atoms with Gasteiger partial charge in [0.2, 0.25) is 0 Å². The van der Waals surface area contributed by atoms with Crippen molar-refractivity contribution >= 4 is 0 Å². The Balaban J connectivity index is 1.85. The molecule has 2 rings (SSSR count). The molecule has 2 heterocycles. The lowest BCUT2D eigenvalue weighted by molar-refractivity contribution is 0.347. The van der Waals surface area contributed by atoms with Crippen LogP contribution in [0.5, 0.6) is 0 Å². The maximum absolute atomic E-state index is 4.13. The van der Waals surface area contributed by atoms with Gasteiger partial charge in [-0.15, -0.1) is 5.10 Å². The molecule has 0 atom stereocenters. The lowest BCUT2D eigenvalue weighted by Crippen LogP contribution is -2.22. The number of hydrogen-bond acceptors (Lipinski definition) is 4. The summed E-state index contributed by atoms with van der Waals surface area (Å²) >= 11 is 0. The van der Waals surface area contributed by atoms with Crippen molar-refractivity contribution in [1.29, 1.82) is 0 Å². The molecule has 0 aliphatic carbocycles. The molecule has 2 aromatic heterocycles. The summed E-state index contributed by atoms with van der Waals surface area (Å²) in [6.07, 6.45) is 5.52. The summed E-state index contributed by atoms with van der Waals surface area (Å²) in [5, 5.41) is 11.5. The molecule has 0 bridgehead atoms. The maximum Gasteiger partial charge on any atom is 0.120 e. The highest BCUT2D eigenvalue weighted by molar-refractivity contribution is 4.95. The second kappa shape index (κ2) is 4.67. The summed E-state index contributed by atoms with van der Waals surface area (Å²) < 4.78 is 1.87. The Bertz CT molecular complexity index is 451. The van der Waals surface area contributed by atoms with Crippen molar-refractivity contribution in [2.24, 2.45) is 0 Å². The van der Waals surface area contributed by atoms with Crippen molar-refractivity contribution in [3.05, 3.63) is 30.1 Å². The zero-order valence-electron chi connectivity index (χ0n) is 10.4. The zero-order valence-corrected chi connectivity index (χ0v) is 10.4. The van der Waals surface area contributed by atoms with Gasteiger partial charge in [0.05, 0.1) is 24.0 Å². The van der Waals surface area contributed by atoms with E-state index in [1.165, 1.54) is 0 Å². The van der Waals surface area contributed by atoms with Gasteiger partial charge in [-0.25, -0.2) is 9.67 Å². The van der Waals surface area contributed by atoms with Crippen LogP contribution in [0.3, 0.4) is 0 Å². The lowest BCUT2D eigenvalue weighted by atomic mass is 10.1. The highest BCUT2D eigenvalue weighted by Gasteiger charge is 2.14. The van der Waals surface area contributed by atoms with Gasteiger partial charge in [-0.05, 0) is 20.8 Å². The average Bonchev–Trinajstić information content (AvgIpc) is 2.86. The molecule has 0 saturated carbocycles. The van der Waals surface area contributed by atoms with Crippen LogP contribution >= 0.6 is 0 Å². The summed E-state index contributed by atoms with van der Waals surface area (Å²) in [6, 6.07) is 0. The first-order valence-electron chi connectivity index (χ1n) is 5.66. The minimum Gasteiger partial charge on any atom is -0.348 e. The molecule has 0 unspecified atom stereocenters. The topological polar surface area (TPSA) is 71.4 Å². The standard InChI is InChI=1S/C11H18N6/c1-11(2,3)17-8-9(15-16-17)6-12-7-10-13-4-5-14-10/h4-5,8,12H,6-7H2,1-3H3,(H,13,14). The van der Waals surface area contributed by atoms with Crippen LogP contribution in [0, 0.1) is 0 Å². The predicted octanol–water partition coefficient (Wildman–Crippen LogP) is 1.05. The first-order valence-corrected chi connectivity index (χ1v) is 5.66. The molecule has 0 aliphatic rings. The number of rotatable bonds is 4. The van der Waals surface area contributed by atoms with Gasteiger partial charge < -0.3 is 10.3 Å². The smallest absolute Gasteiger partial charge is 0.120 e. The van der Waals surface area contributed by atoms with Crippen LogP contribution < -0.4 is 5.32 Å². The fraction of sp³-hybridized carbons (Fsp3) is 0.545. The number of aromatic amines is 1. The van der Waals surface area contributed by atoms with E-state index in [-0.39, 0.29) is 5.54 Å². The van der Waals surface area contributed by atoms with E-state index in [0.29, 0.717) is 13.1 Å². The Kier molecular flexibility index (Phi) is 3.23. The van der Waals surface area contributed by atoms with Crippen LogP contribution in [-0.4, -0.2) is 25.0 Å². The number of hydrogen-bond donors (Lipinski definition) is 2. The summed E-state index contributed by atoms with van der Waals surface area (Å²) in [5.74, 6) is 0.924. The second-order valence-electron chi connectivity index (χ2n) is 4.96. The number of imidazole rings is 1. The molecule has 0 spiro atoms. The van der Waals surface area contributed by atoms with Crippen molar-refractivity contribution < 1.29 is 0 Å². The van der Waals surface area contributed by atoms with Gasteiger partial charge in [-0.1, -0.05) is 5.21 Å². The average molecular weight is 234 g/mol. The van der Waals surface area contributed by atoms with Gasteiger partial charge in [0.1, 0.15) is 5.82 Å². The molecule has 0 aromatic carbocycles. The van der Waals surface area contributed by atoms with E-state index in [2.05, 4.69) is 46.4 Å². The molecule has 2 aromatic rings. The summed E-state index contributed by atoms with van der Waals surface area (Å²) in [6.45, 7) is 7.69. The molecular weight excluding hydrogens is 216 g/mol. The van der Waals surface area contributed by atoms with E-state index in [9.17, 15) is 0 Å². The molecule has 17 heavy (non-hydrogen) atoms. The van der Waals surface area contributed by atoms with Crippen LogP contribution in [0.25, 0.3) is 0 Å². The van der Waals surface area contributed by atoms with Gasteiger partial charge in [0, 0.05) is 18.9 Å². The number of nitrogens with one attached hydrogen (secondary N) is 2. The minimum atomic E-state index is -0.0216. The molecule has 0 saturated heterocycles. The third-order valence-corrected chi connectivity index (χ3v) is 2.38. The van der Waals surface area contributed by atoms with Gasteiger partial charge in [0.15, 0.2) is 0 Å². The highest BCUT2D eigenvalue weighted by Crippen LogP contribution is 2.11. The third-order valence-electron chi connectivity index (χ3n) is 2.38. The van der Waals surface area contributed by atoms with Gasteiger partial charge in [-0.3, -0.25) is 0 Å². The molecular formula is C11H18N6. The van der Waals surface area contributed by atoms with Crippen molar-refractivity contribution in [3.8, 4) is 0 Å². The first kappa shape index (κ1) is 11.8. The van der Waals surface area contributed by atoms with Crippen molar-refractivity contribution in [3.63, 3.8) is 0 Å². The monoisotopic (exact) mass is 234 g/mol. The quantitative estimate of drug-likeness (QED) is 0.829. The molecule has 0 radical (unpaired) electrons. The molecule has 0 amide bonds. The second-order valence-corrected chi connectivity index (χ2v) is 4.96. The molecule has 6 heteroatoms. The Morgan fingerprint density at radius 2 is 2.18 bits per heavy atom. The normalized spacial score (nSPS) is 11.9. The Labute approximate surface area is 100 Å². The van der Waals surface area contributed by atoms with Gasteiger partial charge >= 0.3 is 0 Å². The minimum absolute atomic E-state index is 0.0216. The Morgan fingerprint density at radius 3 is 2.76 bits per heavy atom. The molecule has 0 aliphatic heterocycles. The van der Waals surface area contributed by atoms with Gasteiger partial charge in [-0.2, -0.15) is 0 Å².